The lowest BCUT2D eigenvalue weighted by atomic mass is 10.1. The molecule has 1 aliphatic heterocycles. The lowest BCUT2D eigenvalue weighted by molar-refractivity contribution is -0.0519. The minimum Gasteiger partial charge on any atom is -0.375 e. The minimum atomic E-state index is -6.16. The molecule has 0 spiro atoms. The summed E-state index contributed by atoms with van der Waals surface area (Å²) < 4.78 is 90.9. The number of fused-ring (bicyclic) bond motifs is 1. The molecule has 1 aromatic carbocycles. The van der Waals surface area contributed by atoms with Crippen LogP contribution in [-0.4, -0.2) is 33.8 Å². The van der Waals surface area contributed by atoms with Gasteiger partial charge in [-0.2, -0.15) is 26.9 Å². The fraction of sp³-hybridized carbons (Fsp3) is 0.133. The maximum atomic E-state index is 13.0. The van der Waals surface area contributed by atoms with Crippen LogP contribution in [0.2, 0.25) is 0 Å². The number of hydrogen-bond acceptors (Lipinski definition) is 8. The van der Waals surface area contributed by atoms with Gasteiger partial charge in [0.2, 0.25) is 9.84 Å². The number of nitriles is 1. The fourth-order valence-corrected chi connectivity index (χ4v) is 4.36. The zero-order chi connectivity index (χ0) is 20.9. The number of aryl methyl sites for hydroxylation is 1. The van der Waals surface area contributed by atoms with Crippen LogP contribution < -0.4 is 0 Å². The van der Waals surface area contributed by atoms with Crippen molar-refractivity contribution in [2.24, 2.45) is 10.2 Å². The Kier molecular flexibility index (Phi) is 4.43. The maximum absolute atomic E-state index is 13.0. The van der Waals surface area contributed by atoms with Crippen LogP contribution in [0.25, 0.3) is 0 Å². The standard InChI is InChI=1S/C15H8F3N3O5S2/c1-8-2-4-9(5-3-8)27(22,23)14-12(26-28(24,25)15(16,17)18)6-10-11(7-19)20-21-13(10)14/h2-6H,1H3. The Balaban J connectivity index is 2.20. The average Bonchev–Trinajstić information content (AvgIpc) is 3.11. The molecule has 3 rings (SSSR count). The molecule has 0 aromatic heterocycles. The van der Waals surface area contributed by atoms with Gasteiger partial charge in [-0.15, -0.1) is 10.2 Å². The normalized spacial score (nSPS) is 16.9. The smallest absolute Gasteiger partial charge is 0.375 e. The molecule has 0 N–H and O–H groups in total. The Hall–Kier alpha value is -2.98. The molecule has 0 bridgehead atoms. The Morgan fingerprint density at radius 3 is 2.21 bits per heavy atom. The molecular weight excluding hydrogens is 423 g/mol. The highest BCUT2D eigenvalue weighted by Gasteiger charge is 2.51. The number of hydrogen-bond donors (Lipinski definition) is 0. The molecule has 0 amide bonds. The molecule has 8 nitrogen and oxygen atoms in total. The number of benzene rings is 1. The van der Waals surface area contributed by atoms with Gasteiger partial charge in [0.15, 0.2) is 11.5 Å². The van der Waals surface area contributed by atoms with E-state index in [2.05, 4.69) is 14.4 Å². The molecule has 0 atom stereocenters. The highest BCUT2D eigenvalue weighted by Crippen LogP contribution is 2.38. The molecule has 146 valence electrons. The third-order valence-corrected chi connectivity index (χ3v) is 6.45. The topological polar surface area (TPSA) is 126 Å². The van der Waals surface area contributed by atoms with Gasteiger partial charge >= 0.3 is 15.6 Å². The maximum Gasteiger partial charge on any atom is 0.534 e. The lowest BCUT2D eigenvalue weighted by Gasteiger charge is -2.12. The number of rotatable bonds is 4. The van der Waals surface area contributed by atoms with Crippen LogP contribution in [0, 0.1) is 18.3 Å². The van der Waals surface area contributed by atoms with Gasteiger partial charge in [0.05, 0.1) is 4.90 Å². The molecule has 1 heterocycles. The van der Waals surface area contributed by atoms with Crippen molar-refractivity contribution >= 4 is 31.4 Å². The van der Waals surface area contributed by atoms with Crippen molar-refractivity contribution in [1.82, 2.24) is 0 Å². The third kappa shape index (κ3) is 3.10. The molecule has 0 unspecified atom stereocenters. The summed E-state index contributed by atoms with van der Waals surface area (Å²) in [6.45, 7) is 1.68. The molecule has 1 aromatic rings. The van der Waals surface area contributed by atoms with Crippen LogP contribution in [0.15, 0.2) is 61.7 Å². The van der Waals surface area contributed by atoms with Gasteiger partial charge in [-0.1, -0.05) is 17.7 Å². The zero-order valence-corrected chi connectivity index (χ0v) is 15.4. The summed E-state index contributed by atoms with van der Waals surface area (Å²) in [6.07, 6.45) is 0.679. The third-order valence-electron chi connectivity index (χ3n) is 3.66. The van der Waals surface area contributed by atoms with Gasteiger partial charge < -0.3 is 4.18 Å². The van der Waals surface area contributed by atoms with Crippen molar-refractivity contribution in [2.75, 3.05) is 0 Å². The van der Waals surface area contributed by atoms with E-state index >= 15 is 0 Å². The van der Waals surface area contributed by atoms with E-state index in [-0.39, 0.29) is 10.5 Å². The van der Waals surface area contributed by atoms with Crippen LogP contribution in [0.3, 0.4) is 0 Å². The van der Waals surface area contributed by atoms with E-state index in [1.807, 2.05) is 0 Å². The number of sulfone groups is 1. The molecule has 0 fully saturated rings. The molecule has 28 heavy (non-hydrogen) atoms. The van der Waals surface area contributed by atoms with E-state index in [9.17, 15) is 30.0 Å². The first kappa shape index (κ1) is 19.8. The van der Waals surface area contributed by atoms with Gasteiger partial charge in [-0.3, -0.25) is 0 Å². The van der Waals surface area contributed by atoms with Gasteiger partial charge in [0.25, 0.3) is 0 Å². The second-order valence-electron chi connectivity index (χ2n) is 5.56. The van der Waals surface area contributed by atoms with Crippen LogP contribution in [0.1, 0.15) is 5.56 Å². The van der Waals surface area contributed by atoms with E-state index in [0.29, 0.717) is 11.6 Å². The molecule has 13 heteroatoms. The zero-order valence-electron chi connectivity index (χ0n) is 13.7. The summed E-state index contributed by atoms with van der Waals surface area (Å²) in [4.78, 5) is -1.26. The number of halogens is 3. The summed E-state index contributed by atoms with van der Waals surface area (Å²) in [5.41, 5.74) is -6.19. The van der Waals surface area contributed by atoms with E-state index in [1.165, 1.54) is 24.3 Å². The fourth-order valence-electron chi connectivity index (χ4n) is 2.34. The first-order chi connectivity index (χ1) is 12.9. The first-order valence-corrected chi connectivity index (χ1v) is 10.1. The number of nitrogens with zero attached hydrogens (tertiary/aromatic N) is 3. The van der Waals surface area contributed by atoms with Gasteiger partial charge in [-0.05, 0) is 25.1 Å². The number of alkyl halides is 3. The SMILES string of the molecule is Cc1ccc(S(=O)(=O)C2=C(OS(=O)(=O)C(F)(F)F)C=C3C(C#N)=NN=C32)cc1. The monoisotopic (exact) mass is 431 g/mol. The average molecular weight is 431 g/mol. The Labute approximate surface area is 157 Å². The summed E-state index contributed by atoms with van der Waals surface area (Å²) in [7, 11) is -10.7. The predicted octanol–water partition coefficient (Wildman–Crippen LogP) is 2.12. The van der Waals surface area contributed by atoms with Crippen molar-refractivity contribution in [2.45, 2.75) is 17.3 Å². The summed E-state index contributed by atoms with van der Waals surface area (Å²) >= 11 is 0. The number of allylic oxidation sites excluding steroid dienone is 3. The second kappa shape index (κ2) is 6.28. The van der Waals surface area contributed by atoms with Crippen LogP contribution in [0.4, 0.5) is 13.2 Å². The molecule has 0 saturated carbocycles. The van der Waals surface area contributed by atoms with Crippen molar-refractivity contribution in [3.8, 4) is 6.07 Å². The molecule has 0 radical (unpaired) electrons. The quantitative estimate of drug-likeness (QED) is 0.531. The summed E-state index contributed by atoms with van der Waals surface area (Å²) in [5, 5.41) is 15.9. The Bertz CT molecular complexity index is 1250. The minimum absolute atomic E-state index is 0.249. The summed E-state index contributed by atoms with van der Waals surface area (Å²) in [5.74, 6) is -1.12. The van der Waals surface area contributed by atoms with E-state index in [1.54, 1.807) is 13.0 Å². The van der Waals surface area contributed by atoms with E-state index in [4.69, 9.17) is 5.26 Å². The second-order valence-corrected chi connectivity index (χ2v) is 8.98. The highest BCUT2D eigenvalue weighted by atomic mass is 32.2. The lowest BCUT2D eigenvalue weighted by Crippen LogP contribution is -2.26. The Morgan fingerprint density at radius 2 is 1.68 bits per heavy atom. The molecule has 2 aliphatic rings. The molecule has 1 aliphatic carbocycles. The van der Waals surface area contributed by atoms with Gasteiger partial charge in [0, 0.05) is 5.57 Å². The largest absolute Gasteiger partial charge is 0.534 e. The van der Waals surface area contributed by atoms with E-state index in [0.717, 1.165) is 0 Å². The van der Waals surface area contributed by atoms with Crippen LogP contribution in [0.5, 0.6) is 0 Å². The van der Waals surface area contributed by atoms with Gasteiger partial charge in [0.1, 0.15) is 16.7 Å². The van der Waals surface area contributed by atoms with Crippen molar-refractivity contribution in [1.29, 1.82) is 5.26 Å². The van der Waals surface area contributed by atoms with Crippen molar-refractivity contribution in [3.63, 3.8) is 0 Å². The molecule has 0 saturated heterocycles. The van der Waals surface area contributed by atoms with Crippen molar-refractivity contribution in [3.05, 3.63) is 52.1 Å². The Morgan fingerprint density at radius 1 is 1.07 bits per heavy atom. The summed E-state index contributed by atoms with van der Waals surface area (Å²) in [6, 6.07) is 6.85. The van der Waals surface area contributed by atoms with Crippen LogP contribution >= 0.6 is 0 Å². The predicted molar refractivity (Wildman–Crippen MR) is 90.0 cm³/mol. The highest BCUT2D eigenvalue weighted by molar-refractivity contribution is 7.96. The van der Waals surface area contributed by atoms with Gasteiger partial charge in [-0.25, -0.2) is 8.42 Å². The van der Waals surface area contributed by atoms with Crippen LogP contribution in [-0.2, 0) is 24.1 Å². The first-order valence-electron chi connectivity index (χ1n) is 7.24. The molecular formula is C15H8F3N3O5S2. The van der Waals surface area contributed by atoms with E-state index < -0.39 is 47.6 Å². The van der Waals surface area contributed by atoms with Crippen molar-refractivity contribution < 1.29 is 34.2 Å².